The first-order chi connectivity index (χ1) is 9.95. The molecule has 1 aromatic rings. The van der Waals surface area contributed by atoms with Crippen LogP contribution in [0.1, 0.15) is 50.5 Å². The van der Waals surface area contributed by atoms with Crippen LogP contribution in [0.4, 0.5) is 0 Å². The van der Waals surface area contributed by atoms with E-state index in [0.717, 1.165) is 38.6 Å². The monoisotopic (exact) mass is 275 g/mol. The molecule has 1 saturated carbocycles. The quantitative estimate of drug-likeness (QED) is 0.573. The molecule has 1 N–H and O–H groups in total. The highest BCUT2D eigenvalue weighted by atomic mass is 16.5. The number of benzene rings is 1. The summed E-state index contributed by atoms with van der Waals surface area (Å²) in [5, 5.41) is 3.65. The van der Waals surface area contributed by atoms with E-state index in [4.69, 9.17) is 4.74 Å². The topological polar surface area (TPSA) is 21.3 Å². The lowest BCUT2D eigenvalue weighted by atomic mass is 10.1. The van der Waals surface area contributed by atoms with Crippen LogP contribution in [0.15, 0.2) is 30.3 Å². The summed E-state index contributed by atoms with van der Waals surface area (Å²) in [4.78, 5) is 0. The lowest BCUT2D eigenvalue weighted by molar-refractivity contribution is 0.131. The normalized spacial score (nSPS) is 17.0. The van der Waals surface area contributed by atoms with Crippen molar-refractivity contribution in [1.29, 1.82) is 0 Å². The van der Waals surface area contributed by atoms with E-state index >= 15 is 0 Å². The maximum Gasteiger partial charge on any atom is 0.0591 e. The fourth-order valence-corrected chi connectivity index (χ4v) is 2.94. The van der Waals surface area contributed by atoms with Crippen LogP contribution in [0.5, 0.6) is 0 Å². The highest BCUT2D eigenvalue weighted by Crippen LogP contribution is 2.16. The van der Waals surface area contributed by atoms with Crippen LogP contribution in [0.25, 0.3) is 0 Å². The molecule has 0 bridgehead atoms. The molecule has 2 heteroatoms. The van der Waals surface area contributed by atoms with E-state index in [1.807, 2.05) is 0 Å². The van der Waals surface area contributed by atoms with E-state index in [9.17, 15) is 0 Å². The van der Waals surface area contributed by atoms with E-state index in [1.54, 1.807) is 0 Å². The predicted octanol–water partition coefficient (Wildman–Crippen LogP) is 3.95. The second kappa shape index (κ2) is 9.95. The van der Waals surface area contributed by atoms with Crippen LogP contribution in [0.3, 0.4) is 0 Å². The van der Waals surface area contributed by atoms with Crippen LogP contribution in [0.2, 0.25) is 0 Å². The number of nitrogens with one attached hydrogen (secondary N) is 1. The van der Waals surface area contributed by atoms with Gasteiger partial charge in [0.15, 0.2) is 0 Å². The minimum absolute atomic E-state index is 0.741. The van der Waals surface area contributed by atoms with Crippen LogP contribution in [-0.4, -0.2) is 25.8 Å². The maximum atomic E-state index is 5.72. The number of aryl methyl sites for hydroxylation is 1. The third-order valence-corrected chi connectivity index (χ3v) is 4.13. The summed E-state index contributed by atoms with van der Waals surface area (Å²) >= 11 is 0. The number of rotatable bonds is 8. The largest absolute Gasteiger partial charge is 0.380 e. The van der Waals surface area contributed by atoms with Gasteiger partial charge in [-0.1, -0.05) is 56.0 Å². The molecular formula is C18H29NO. The molecule has 0 unspecified atom stereocenters. The molecule has 0 spiro atoms. The third kappa shape index (κ3) is 6.53. The highest BCUT2D eigenvalue weighted by Gasteiger charge is 2.10. The van der Waals surface area contributed by atoms with Crippen molar-refractivity contribution < 1.29 is 4.74 Å². The van der Waals surface area contributed by atoms with Gasteiger partial charge in [-0.3, -0.25) is 0 Å². The summed E-state index contributed by atoms with van der Waals surface area (Å²) in [5.74, 6) is 0. The average Bonchev–Trinajstić information content (AvgIpc) is 2.76. The molecule has 1 aliphatic rings. The Labute approximate surface area is 123 Å². The van der Waals surface area contributed by atoms with Crippen molar-refractivity contribution in [2.24, 2.45) is 0 Å². The van der Waals surface area contributed by atoms with Crippen molar-refractivity contribution in [3.63, 3.8) is 0 Å². The minimum Gasteiger partial charge on any atom is -0.380 e. The van der Waals surface area contributed by atoms with Crippen LogP contribution < -0.4 is 5.32 Å². The zero-order chi connectivity index (χ0) is 13.9. The molecule has 1 aliphatic carbocycles. The molecule has 0 amide bonds. The van der Waals surface area contributed by atoms with Crippen molar-refractivity contribution >= 4 is 0 Å². The van der Waals surface area contributed by atoms with Crippen molar-refractivity contribution in [3.05, 3.63) is 35.9 Å². The molecule has 0 heterocycles. The van der Waals surface area contributed by atoms with E-state index in [2.05, 4.69) is 35.6 Å². The summed E-state index contributed by atoms with van der Waals surface area (Å²) in [7, 11) is 0. The highest BCUT2D eigenvalue weighted by molar-refractivity contribution is 5.14. The van der Waals surface area contributed by atoms with E-state index in [1.165, 1.54) is 44.1 Å². The Morgan fingerprint density at radius 1 is 0.950 bits per heavy atom. The lowest BCUT2D eigenvalue weighted by Gasteiger charge is -2.16. The van der Waals surface area contributed by atoms with Gasteiger partial charge in [-0.15, -0.1) is 0 Å². The van der Waals surface area contributed by atoms with Gasteiger partial charge in [0, 0.05) is 19.2 Å². The number of hydrogen-bond donors (Lipinski definition) is 1. The van der Waals surface area contributed by atoms with Gasteiger partial charge in [0.05, 0.1) is 6.61 Å². The van der Waals surface area contributed by atoms with Crippen molar-refractivity contribution in [2.45, 2.75) is 57.4 Å². The smallest absolute Gasteiger partial charge is 0.0591 e. The van der Waals surface area contributed by atoms with Gasteiger partial charge >= 0.3 is 0 Å². The molecule has 1 fully saturated rings. The summed E-state index contributed by atoms with van der Waals surface area (Å²) in [6, 6.07) is 11.4. The molecule has 0 aliphatic heterocycles. The van der Waals surface area contributed by atoms with Crippen molar-refractivity contribution in [2.75, 3.05) is 19.8 Å². The Kier molecular flexibility index (Phi) is 7.73. The summed E-state index contributed by atoms with van der Waals surface area (Å²) in [6.07, 6.45) is 10.6. The third-order valence-electron chi connectivity index (χ3n) is 4.13. The first-order valence-corrected chi connectivity index (χ1v) is 8.30. The summed E-state index contributed by atoms with van der Waals surface area (Å²) < 4.78 is 5.72. The molecular weight excluding hydrogens is 246 g/mol. The van der Waals surface area contributed by atoms with Gasteiger partial charge < -0.3 is 10.1 Å². The molecule has 2 nitrogen and oxygen atoms in total. The van der Waals surface area contributed by atoms with Gasteiger partial charge in [0.2, 0.25) is 0 Å². The molecule has 0 atom stereocenters. The Morgan fingerprint density at radius 2 is 1.70 bits per heavy atom. The predicted molar refractivity (Wildman–Crippen MR) is 85.1 cm³/mol. The Bertz CT molecular complexity index is 331. The Morgan fingerprint density at radius 3 is 2.45 bits per heavy atom. The lowest BCUT2D eigenvalue weighted by Crippen LogP contribution is -2.31. The Hall–Kier alpha value is -0.860. The molecule has 20 heavy (non-hydrogen) atoms. The SMILES string of the molecule is c1ccc(CCCOCCNC2CCCCCC2)cc1. The van der Waals surface area contributed by atoms with Crippen LogP contribution >= 0.6 is 0 Å². The minimum atomic E-state index is 0.741. The molecule has 112 valence electrons. The first kappa shape index (κ1) is 15.5. The van der Waals surface area contributed by atoms with E-state index in [0.29, 0.717) is 0 Å². The maximum absolute atomic E-state index is 5.72. The van der Waals surface area contributed by atoms with Gasteiger partial charge in [-0.2, -0.15) is 0 Å². The van der Waals surface area contributed by atoms with Crippen molar-refractivity contribution in [1.82, 2.24) is 5.32 Å². The van der Waals surface area contributed by atoms with Crippen LogP contribution in [0, 0.1) is 0 Å². The van der Waals surface area contributed by atoms with Gasteiger partial charge in [-0.05, 0) is 31.2 Å². The molecule has 0 radical (unpaired) electrons. The van der Waals surface area contributed by atoms with Gasteiger partial charge in [0.25, 0.3) is 0 Å². The second-order valence-corrected chi connectivity index (χ2v) is 5.84. The van der Waals surface area contributed by atoms with E-state index < -0.39 is 0 Å². The van der Waals surface area contributed by atoms with Gasteiger partial charge in [0.1, 0.15) is 0 Å². The zero-order valence-corrected chi connectivity index (χ0v) is 12.7. The van der Waals surface area contributed by atoms with Gasteiger partial charge in [-0.25, -0.2) is 0 Å². The molecule has 0 aromatic heterocycles. The molecule has 1 aromatic carbocycles. The fraction of sp³-hybridized carbons (Fsp3) is 0.667. The number of hydrogen-bond acceptors (Lipinski definition) is 2. The average molecular weight is 275 g/mol. The Balaban J connectivity index is 1.43. The second-order valence-electron chi connectivity index (χ2n) is 5.84. The van der Waals surface area contributed by atoms with Crippen LogP contribution in [-0.2, 0) is 11.2 Å². The first-order valence-electron chi connectivity index (χ1n) is 8.30. The summed E-state index contributed by atoms with van der Waals surface area (Å²) in [5.41, 5.74) is 1.41. The zero-order valence-electron chi connectivity index (χ0n) is 12.7. The molecule has 2 rings (SSSR count). The number of ether oxygens (including phenoxy) is 1. The fourth-order valence-electron chi connectivity index (χ4n) is 2.94. The van der Waals surface area contributed by atoms with E-state index in [-0.39, 0.29) is 0 Å². The van der Waals surface area contributed by atoms with Crippen molar-refractivity contribution in [3.8, 4) is 0 Å². The summed E-state index contributed by atoms with van der Waals surface area (Å²) in [6.45, 7) is 2.74. The molecule has 0 saturated heterocycles. The standard InChI is InChI=1S/C18H29NO/c1-2-7-13-18(12-6-1)19-14-16-20-15-8-11-17-9-4-3-5-10-17/h3-5,9-10,18-19H,1-2,6-8,11-16H2.